The highest BCUT2D eigenvalue weighted by Crippen LogP contribution is 2.28. The fourth-order valence-electron chi connectivity index (χ4n) is 2.73. The fourth-order valence-corrected chi connectivity index (χ4v) is 2.73. The Hall–Kier alpha value is -3.39. The molecule has 1 aliphatic carbocycles. The van der Waals surface area contributed by atoms with Gasteiger partial charge in [0, 0.05) is 5.69 Å². The summed E-state index contributed by atoms with van der Waals surface area (Å²) in [6.07, 6.45) is 2.70. The van der Waals surface area contributed by atoms with Crippen molar-refractivity contribution in [3.8, 4) is 12.1 Å². The van der Waals surface area contributed by atoms with E-state index in [1.165, 1.54) is 24.3 Å². The van der Waals surface area contributed by atoms with Gasteiger partial charge in [-0.1, -0.05) is 0 Å². The first-order valence-electron chi connectivity index (χ1n) is 8.14. The van der Waals surface area contributed by atoms with Gasteiger partial charge in [-0.15, -0.1) is 0 Å². The van der Waals surface area contributed by atoms with E-state index in [0.717, 1.165) is 12.8 Å². The van der Waals surface area contributed by atoms with E-state index in [1.807, 2.05) is 0 Å². The van der Waals surface area contributed by atoms with Crippen molar-refractivity contribution in [1.82, 2.24) is 5.32 Å². The quantitative estimate of drug-likeness (QED) is 0.746. The molecule has 0 unspecified atom stereocenters. The third-order valence-corrected chi connectivity index (χ3v) is 4.03. The average Bonchev–Trinajstić information content (AvgIpc) is 3.09. The molecule has 0 bridgehead atoms. The van der Waals surface area contributed by atoms with Crippen molar-refractivity contribution in [1.29, 1.82) is 10.5 Å². The highest BCUT2D eigenvalue weighted by atomic mass is 16.5. The largest absolute Gasteiger partial charge is 0.452 e. The number of rotatable bonds is 6. The zero-order chi connectivity index (χ0) is 19.0. The summed E-state index contributed by atoms with van der Waals surface area (Å²) >= 11 is 0. The van der Waals surface area contributed by atoms with Crippen LogP contribution in [-0.2, 0) is 14.3 Å². The van der Waals surface area contributed by atoms with E-state index in [2.05, 4.69) is 16.7 Å². The van der Waals surface area contributed by atoms with Crippen LogP contribution in [0.1, 0.15) is 42.5 Å². The normalized spacial score (nSPS) is 14.5. The second-order valence-electron chi connectivity index (χ2n) is 5.99. The van der Waals surface area contributed by atoms with Gasteiger partial charge in [0.15, 0.2) is 6.61 Å². The topological polar surface area (TPSA) is 132 Å². The molecule has 2 N–H and O–H groups in total. The van der Waals surface area contributed by atoms with Crippen molar-refractivity contribution in [2.75, 3.05) is 11.9 Å². The molecule has 0 radical (unpaired) electrons. The van der Waals surface area contributed by atoms with Gasteiger partial charge in [0.05, 0.1) is 17.7 Å². The number of nitriles is 2. The Morgan fingerprint density at radius 3 is 2.31 bits per heavy atom. The van der Waals surface area contributed by atoms with Gasteiger partial charge in [-0.2, -0.15) is 10.5 Å². The molecular weight excluding hydrogens is 336 g/mol. The summed E-state index contributed by atoms with van der Waals surface area (Å²) < 4.78 is 4.96. The zero-order valence-electron chi connectivity index (χ0n) is 14.1. The predicted molar refractivity (Wildman–Crippen MR) is 90.5 cm³/mol. The third kappa shape index (κ3) is 5.05. The summed E-state index contributed by atoms with van der Waals surface area (Å²) in [6, 6.07) is 9.74. The number of hydrogen-bond acceptors (Lipinski definition) is 6. The second-order valence-corrected chi connectivity index (χ2v) is 5.99. The van der Waals surface area contributed by atoms with Gasteiger partial charge in [-0.25, -0.2) is 4.79 Å². The zero-order valence-corrected chi connectivity index (χ0v) is 14.1. The SMILES string of the molecule is N#CCC(=O)Nc1ccc(C(=O)OCC(=O)NC2(C#N)CCCC2)cc1. The molecule has 1 aliphatic rings. The molecule has 8 nitrogen and oxygen atoms in total. The van der Waals surface area contributed by atoms with Crippen LogP contribution in [0, 0.1) is 22.7 Å². The molecule has 1 fully saturated rings. The Balaban J connectivity index is 1.84. The van der Waals surface area contributed by atoms with Crippen LogP contribution < -0.4 is 10.6 Å². The minimum Gasteiger partial charge on any atom is -0.452 e. The highest BCUT2D eigenvalue weighted by Gasteiger charge is 2.35. The van der Waals surface area contributed by atoms with Gasteiger partial charge >= 0.3 is 5.97 Å². The number of nitrogens with zero attached hydrogens (tertiary/aromatic N) is 2. The van der Waals surface area contributed by atoms with Crippen molar-refractivity contribution in [3.05, 3.63) is 29.8 Å². The van der Waals surface area contributed by atoms with Gasteiger partial charge in [-0.3, -0.25) is 9.59 Å². The predicted octanol–water partition coefficient (Wildman–Crippen LogP) is 1.65. The maximum Gasteiger partial charge on any atom is 0.338 e. The van der Waals surface area contributed by atoms with Crippen LogP contribution in [0.5, 0.6) is 0 Å². The lowest BCUT2D eigenvalue weighted by molar-refractivity contribution is -0.125. The molecule has 1 aromatic carbocycles. The first-order valence-corrected chi connectivity index (χ1v) is 8.14. The number of nitrogens with one attached hydrogen (secondary N) is 2. The van der Waals surface area contributed by atoms with Crippen molar-refractivity contribution >= 4 is 23.5 Å². The Morgan fingerprint density at radius 1 is 1.08 bits per heavy atom. The summed E-state index contributed by atoms with van der Waals surface area (Å²) in [5, 5.41) is 22.8. The van der Waals surface area contributed by atoms with Gasteiger partial charge in [0.1, 0.15) is 12.0 Å². The lowest BCUT2D eigenvalue weighted by atomic mass is 10.00. The minimum absolute atomic E-state index is 0.215. The first-order chi connectivity index (χ1) is 12.5. The van der Waals surface area contributed by atoms with Crippen molar-refractivity contribution < 1.29 is 19.1 Å². The van der Waals surface area contributed by atoms with E-state index in [4.69, 9.17) is 10.00 Å². The van der Waals surface area contributed by atoms with E-state index < -0.39 is 29.9 Å². The van der Waals surface area contributed by atoms with Crippen LogP contribution >= 0.6 is 0 Å². The molecule has 0 heterocycles. The first kappa shape index (κ1) is 18.9. The molecule has 0 aliphatic heterocycles. The fraction of sp³-hybridized carbons (Fsp3) is 0.389. The molecule has 2 rings (SSSR count). The minimum atomic E-state index is -0.854. The average molecular weight is 354 g/mol. The lowest BCUT2D eigenvalue weighted by Crippen LogP contribution is -2.46. The van der Waals surface area contributed by atoms with Gasteiger partial charge in [0.2, 0.25) is 5.91 Å². The van der Waals surface area contributed by atoms with E-state index in [0.29, 0.717) is 18.5 Å². The molecule has 0 aromatic heterocycles. The number of ether oxygens (including phenoxy) is 1. The number of esters is 1. The molecule has 134 valence electrons. The number of carbonyl (C=O) groups is 3. The van der Waals surface area contributed by atoms with Crippen LogP contribution in [0.3, 0.4) is 0 Å². The third-order valence-electron chi connectivity index (χ3n) is 4.03. The summed E-state index contributed by atoms with van der Waals surface area (Å²) in [7, 11) is 0. The lowest BCUT2D eigenvalue weighted by Gasteiger charge is -2.21. The summed E-state index contributed by atoms with van der Waals surface area (Å²) in [5.41, 5.74) is -0.198. The maximum absolute atomic E-state index is 12.0. The molecule has 0 saturated heterocycles. The van der Waals surface area contributed by atoms with Gasteiger partial charge in [0.25, 0.3) is 5.91 Å². The molecule has 26 heavy (non-hydrogen) atoms. The number of benzene rings is 1. The van der Waals surface area contributed by atoms with Crippen LogP contribution in [-0.4, -0.2) is 29.9 Å². The summed E-state index contributed by atoms with van der Waals surface area (Å²) in [4.78, 5) is 35.2. The summed E-state index contributed by atoms with van der Waals surface area (Å²) in [6.45, 7) is -0.469. The van der Waals surface area contributed by atoms with Gasteiger partial charge in [-0.05, 0) is 49.9 Å². The van der Waals surface area contributed by atoms with Crippen LogP contribution in [0.2, 0.25) is 0 Å². The Labute approximate surface area is 150 Å². The van der Waals surface area contributed by atoms with Crippen LogP contribution in [0.25, 0.3) is 0 Å². The van der Waals surface area contributed by atoms with Crippen molar-refractivity contribution in [3.63, 3.8) is 0 Å². The Kier molecular flexibility index (Phi) is 6.29. The number of hydrogen-bond donors (Lipinski definition) is 2. The molecule has 0 spiro atoms. The van der Waals surface area contributed by atoms with Crippen molar-refractivity contribution in [2.24, 2.45) is 0 Å². The Bertz CT molecular complexity index is 768. The molecule has 8 heteroatoms. The highest BCUT2D eigenvalue weighted by molar-refractivity contribution is 5.94. The number of amides is 2. The molecule has 1 saturated carbocycles. The van der Waals surface area contributed by atoms with E-state index in [1.54, 1.807) is 6.07 Å². The molecular formula is C18H18N4O4. The number of anilines is 1. The van der Waals surface area contributed by atoms with E-state index in [9.17, 15) is 19.6 Å². The van der Waals surface area contributed by atoms with E-state index >= 15 is 0 Å². The van der Waals surface area contributed by atoms with Crippen molar-refractivity contribution in [2.45, 2.75) is 37.6 Å². The summed E-state index contributed by atoms with van der Waals surface area (Å²) in [5.74, 6) is -1.65. The smallest absolute Gasteiger partial charge is 0.338 e. The van der Waals surface area contributed by atoms with Crippen LogP contribution in [0.15, 0.2) is 24.3 Å². The second kappa shape index (κ2) is 8.63. The standard InChI is InChI=1S/C18H18N4O4/c19-10-7-15(23)21-14-5-3-13(4-6-14)17(25)26-11-16(24)22-18(12-20)8-1-2-9-18/h3-6H,1-2,7-9,11H2,(H,21,23)(H,22,24). The van der Waals surface area contributed by atoms with E-state index in [-0.39, 0.29) is 12.0 Å². The van der Waals surface area contributed by atoms with Gasteiger partial charge < -0.3 is 15.4 Å². The Morgan fingerprint density at radius 2 is 1.73 bits per heavy atom. The molecule has 2 amide bonds. The maximum atomic E-state index is 12.0. The molecule has 0 atom stereocenters. The molecule has 1 aromatic rings. The van der Waals surface area contributed by atoms with Crippen LogP contribution in [0.4, 0.5) is 5.69 Å². The number of carbonyl (C=O) groups excluding carboxylic acids is 3. The monoisotopic (exact) mass is 354 g/mol.